The van der Waals surface area contributed by atoms with Crippen molar-refractivity contribution in [1.82, 2.24) is 14.7 Å². The number of aromatic nitrogens is 2. The van der Waals surface area contributed by atoms with Gasteiger partial charge in [0.2, 0.25) is 0 Å². The van der Waals surface area contributed by atoms with Crippen molar-refractivity contribution < 1.29 is 9.84 Å². The number of ether oxygens (including phenoxy) is 1. The van der Waals surface area contributed by atoms with Crippen molar-refractivity contribution in [3.63, 3.8) is 0 Å². The predicted octanol–water partition coefficient (Wildman–Crippen LogP) is 7.33. The molecule has 1 atom stereocenters. The summed E-state index contributed by atoms with van der Waals surface area (Å²) < 4.78 is 8.98. The highest BCUT2D eigenvalue weighted by atomic mass is 127. The first-order valence-electron chi connectivity index (χ1n) is 12.6. The fraction of sp³-hybridized carbons (Fsp3) is 0.300. The van der Waals surface area contributed by atoms with Crippen molar-refractivity contribution in [2.24, 2.45) is 0 Å². The van der Waals surface area contributed by atoms with E-state index in [2.05, 4.69) is 106 Å². The Kier molecular flexibility index (Phi) is 8.36. The Balaban J connectivity index is 1.34. The molecule has 1 fully saturated rings. The minimum atomic E-state index is 0.00741. The first kappa shape index (κ1) is 25.0. The number of nitrogens with zero attached hydrogens (tertiary/aromatic N) is 3. The second kappa shape index (κ2) is 12.0. The molecule has 2 heterocycles. The van der Waals surface area contributed by atoms with Crippen LogP contribution < -0.4 is 0 Å². The van der Waals surface area contributed by atoms with Crippen molar-refractivity contribution in [3.8, 4) is 0 Å². The van der Waals surface area contributed by atoms with Crippen molar-refractivity contribution in [1.29, 1.82) is 0 Å². The highest BCUT2D eigenvalue weighted by Crippen LogP contribution is 2.31. The van der Waals surface area contributed by atoms with Crippen molar-refractivity contribution in [2.45, 2.75) is 45.0 Å². The highest BCUT2D eigenvalue weighted by Gasteiger charge is 2.21. The molecule has 0 spiro atoms. The first-order chi connectivity index (χ1) is 17.7. The Morgan fingerprint density at radius 1 is 1.00 bits per heavy atom. The van der Waals surface area contributed by atoms with Gasteiger partial charge in [0.25, 0.3) is 0 Å². The summed E-state index contributed by atoms with van der Waals surface area (Å²) in [6.45, 7) is 3.35. The number of rotatable bonds is 9. The molecule has 6 heteroatoms. The second-order valence-electron chi connectivity index (χ2n) is 9.37. The minimum Gasteiger partial charge on any atom is -0.515 e. The zero-order valence-corrected chi connectivity index (χ0v) is 22.5. The maximum absolute atomic E-state index is 10.2. The van der Waals surface area contributed by atoms with E-state index in [1.807, 2.05) is 4.68 Å². The third-order valence-electron chi connectivity index (χ3n) is 6.81. The Hall–Kier alpha value is -2.68. The van der Waals surface area contributed by atoms with E-state index in [1.54, 1.807) is 0 Å². The van der Waals surface area contributed by atoms with Gasteiger partial charge in [0.15, 0.2) is 6.23 Å². The maximum atomic E-state index is 10.2. The van der Waals surface area contributed by atoms with Gasteiger partial charge in [-0.05, 0) is 82.7 Å². The molecule has 5 rings (SSSR count). The van der Waals surface area contributed by atoms with E-state index in [0.29, 0.717) is 0 Å². The van der Waals surface area contributed by atoms with E-state index in [1.165, 1.54) is 23.8 Å². The van der Waals surface area contributed by atoms with Crippen LogP contribution in [0.25, 0.3) is 16.5 Å². The first-order valence-corrected chi connectivity index (χ1v) is 13.7. The van der Waals surface area contributed by atoms with Crippen molar-refractivity contribution >= 4 is 39.1 Å². The van der Waals surface area contributed by atoms with Crippen LogP contribution in [-0.4, -0.2) is 32.9 Å². The number of aliphatic hydroxyl groups excluding tert-OH is 1. The van der Waals surface area contributed by atoms with Crippen LogP contribution in [0.2, 0.25) is 0 Å². The Bertz CT molecular complexity index is 1260. The zero-order valence-electron chi connectivity index (χ0n) is 20.4. The monoisotopic (exact) mass is 593 g/mol. The quantitative estimate of drug-likeness (QED) is 0.163. The fourth-order valence-electron chi connectivity index (χ4n) is 4.90. The number of halogens is 1. The summed E-state index contributed by atoms with van der Waals surface area (Å²) in [5, 5.41) is 16.1. The summed E-state index contributed by atoms with van der Waals surface area (Å²) in [4.78, 5) is 2.44. The van der Waals surface area contributed by atoms with E-state index in [9.17, 15) is 5.11 Å². The molecule has 1 saturated heterocycles. The van der Waals surface area contributed by atoms with Gasteiger partial charge in [-0.25, -0.2) is 4.68 Å². The molecule has 1 aliphatic rings. The SMILES string of the molecule is OC=C(CCN(Cc1ccccc1)Cc1ccccc1)c1ccc2c(c1)c(I)nn2C1CCCCO1. The Labute approximate surface area is 226 Å². The molecule has 186 valence electrons. The van der Waals surface area contributed by atoms with Gasteiger partial charge in [0.1, 0.15) is 3.70 Å². The largest absolute Gasteiger partial charge is 0.515 e. The number of benzene rings is 3. The lowest BCUT2D eigenvalue weighted by Gasteiger charge is -2.24. The fourth-order valence-corrected chi connectivity index (χ4v) is 5.56. The molecule has 36 heavy (non-hydrogen) atoms. The number of hydrogen-bond acceptors (Lipinski definition) is 4. The van der Waals surface area contributed by atoms with Crippen molar-refractivity contribution in [2.75, 3.05) is 13.2 Å². The average Bonchev–Trinajstić information content (AvgIpc) is 3.26. The van der Waals surface area contributed by atoms with Crippen LogP contribution in [0.5, 0.6) is 0 Å². The van der Waals surface area contributed by atoms with Gasteiger partial charge in [-0.2, -0.15) is 5.10 Å². The summed E-state index contributed by atoms with van der Waals surface area (Å²) in [5.41, 5.74) is 5.63. The molecule has 0 aliphatic carbocycles. The van der Waals surface area contributed by atoms with E-state index < -0.39 is 0 Å². The van der Waals surface area contributed by atoms with Crippen LogP contribution >= 0.6 is 22.6 Å². The predicted molar refractivity (Wildman–Crippen MR) is 154 cm³/mol. The van der Waals surface area contributed by atoms with Crippen LogP contribution in [0.3, 0.4) is 0 Å². The van der Waals surface area contributed by atoms with E-state index >= 15 is 0 Å². The number of aliphatic hydroxyl groups is 1. The van der Waals surface area contributed by atoms with E-state index in [0.717, 1.165) is 71.2 Å². The topological polar surface area (TPSA) is 50.5 Å². The van der Waals surface area contributed by atoms with Crippen LogP contribution in [0.4, 0.5) is 0 Å². The number of fused-ring (bicyclic) bond motifs is 1. The lowest BCUT2D eigenvalue weighted by molar-refractivity contribution is -0.0368. The van der Waals surface area contributed by atoms with Crippen molar-refractivity contribution in [3.05, 3.63) is 106 Å². The molecule has 0 saturated carbocycles. The summed E-state index contributed by atoms with van der Waals surface area (Å²) in [5.74, 6) is 0. The standard InChI is InChI=1S/C30H32IN3O2/c31-30-27-19-25(14-15-28(27)34(32-30)29-13-7-8-18-36-29)26(22-35)16-17-33(20-23-9-3-1-4-10-23)21-24-11-5-2-6-12-24/h1-6,9-12,14-15,19,22,29,35H,7-8,13,16-18,20-21H2. The lowest BCUT2D eigenvalue weighted by Crippen LogP contribution is -2.24. The van der Waals surface area contributed by atoms with Crippen LogP contribution in [0.15, 0.2) is 85.1 Å². The average molecular weight is 594 g/mol. The van der Waals surface area contributed by atoms with Crippen LogP contribution in [-0.2, 0) is 17.8 Å². The molecular formula is C30H32IN3O2. The van der Waals surface area contributed by atoms with Gasteiger partial charge in [-0.3, -0.25) is 4.90 Å². The van der Waals surface area contributed by atoms with Gasteiger partial charge in [-0.15, -0.1) is 0 Å². The third-order valence-corrected chi connectivity index (χ3v) is 7.61. The van der Waals surface area contributed by atoms with Gasteiger partial charge in [0, 0.05) is 31.6 Å². The van der Waals surface area contributed by atoms with Gasteiger partial charge >= 0.3 is 0 Å². The molecule has 0 radical (unpaired) electrons. The summed E-state index contributed by atoms with van der Waals surface area (Å²) >= 11 is 2.31. The third kappa shape index (κ3) is 5.99. The molecule has 0 amide bonds. The summed E-state index contributed by atoms with van der Waals surface area (Å²) in [6.07, 6.45) is 5.31. The summed E-state index contributed by atoms with van der Waals surface area (Å²) in [6, 6.07) is 27.5. The molecule has 3 aromatic carbocycles. The van der Waals surface area contributed by atoms with E-state index in [4.69, 9.17) is 9.84 Å². The zero-order chi connectivity index (χ0) is 24.7. The molecular weight excluding hydrogens is 561 g/mol. The lowest BCUT2D eigenvalue weighted by atomic mass is 10.0. The molecule has 1 N–H and O–H groups in total. The Morgan fingerprint density at radius 2 is 1.69 bits per heavy atom. The Morgan fingerprint density at radius 3 is 2.31 bits per heavy atom. The van der Waals surface area contributed by atoms with Crippen LogP contribution in [0, 0.1) is 3.70 Å². The van der Waals surface area contributed by atoms with Gasteiger partial charge in [0.05, 0.1) is 11.8 Å². The second-order valence-corrected chi connectivity index (χ2v) is 10.4. The van der Waals surface area contributed by atoms with Gasteiger partial charge in [-0.1, -0.05) is 66.7 Å². The highest BCUT2D eigenvalue weighted by molar-refractivity contribution is 14.1. The smallest absolute Gasteiger partial charge is 0.150 e. The van der Waals surface area contributed by atoms with Gasteiger partial charge < -0.3 is 9.84 Å². The minimum absolute atomic E-state index is 0.00741. The maximum Gasteiger partial charge on any atom is 0.150 e. The summed E-state index contributed by atoms with van der Waals surface area (Å²) in [7, 11) is 0. The molecule has 1 unspecified atom stereocenters. The molecule has 0 bridgehead atoms. The van der Waals surface area contributed by atoms with E-state index in [-0.39, 0.29) is 6.23 Å². The normalized spacial score (nSPS) is 16.6. The molecule has 4 aromatic rings. The molecule has 1 aliphatic heterocycles. The number of hydrogen-bond donors (Lipinski definition) is 1. The molecule has 1 aromatic heterocycles. The molecule has 5 nitrogen and oxygen atoms in total. The van der Waals surface area contributed by atoms with Crippen LogP contribution in [0.1, 0.15) is 48.6 Å².